The maximum Gasteiger partial charge on any atom is 0.137 e. The van der Waals surface area contributed by atoms with Crippen molar-refractivity contribution in [3.63, 3.8) is 0 Å². The number of hydrogen-bond donors (Lipinski definition) is 1. The van der Waals surface area contributed by atoms with Gasteiger partial charge in [0.15, 0.2) is 0 Å². The van der Waals surface area contributed by atoms with E-state index in [9.17, 15) is 0 Å². The fourth-order valence-corrected chi connectivity index (χ4v) is 2.70. The van der Waals surface area contributed by atoms with E-state index in [0.717, 1.165) is 11.4 Å². The minimum Gasteiger partial charge on any atom is -0.345 e. The molecule has 0 unspecified atom stereocenters. The zero-order valence-electron chi connectivity index (χ0n) is 14.3. The Bertz CT molecular complexity index is 805. The highest BCUT2D eigenvalue weighted by atomic mass is 14.9. The lowest BCUT2D eigenvalue weighted by Gasteiger charge is -2.11. The van der Waals surface area contributed by atoms with Crippen LogP contribution in [-0.4, -0.2) is 17.8 Å². The van der Waals surface area contributed by atoms with Crippen molar-refractivity contribution in [2.45, 2.75) is 5.82 Å². The summed E-state index contributed by atoms with van der Waals surface area (Å²) in [7, 11) is 2.24. The number of imidazole rings is 1. The summed E-state index contributed by atoms with van der Waals surface area (Å²) in [6.07, 6.45) is 3.57. The Balaban J connectivity index is 0.000000150. The standard InChI is InChI=1S/C13H13B.C9H8N2/c14-13(11-7-3-1-4-8-11)12-9-5-2-6-10-12;1-2-4-8(5-3-1)9-10-6-7-11-9/h1-10,13H,14H2;1-7H,(H,10,11). The van der Waals surface area contributed by atoms with Crippen LogP contribution in [0, 0.1) is 0 Å². The van der Waals surface area contributed by atoms with Crippen LogP contribution in [0.2, 0.25) is 0 Å². The predicted octanol–water partition coefficient (Wildman–Crippen LogP) is 4.49. The maximum absolute atomic E-state index is 4.13. The number of rotatable bonds is 3. The number of H-pyrrole nitrogens is 1. The molecule has 1 N–H and O–H groups in total. The Kier molecular flexibility index (Phi) is 5.84. The van der Waals surface area contributed by atoms with Crippen molar-refractivity contribution in [1.82, 2.24) is 9.97 Å². The van der Waals surface area contributed by atoms with E-state index in [4.69, 9.17) is 0 Å². The molecule has 0 aliphatic rings. The molecule has 0 amide bonds. The lowest BCUT2D eigenvalue weighted by molar-refractivity contribution is 1.14. The van der Waals surface area contributed by atoms with E-state index in [-0.39, 0.29) is 0 Å². The van der Waals surface area contributed by atoms with Gasteiger partial charge in [0.1, 0.15) is 13.7 Å². The molecule has 0 aliphatic carbocycles. The van der Waals surface area contributed by atoms with Crippen molar-refractivity contribution in [3.8, 4) is 11.4 Å². The van der Waals surface area contributed by atoms with Gasteiger partial charge < -0.3 is 4.98 Å². The summed E-state index contributed by atoms with van der Waals surface area (Å²) in [6.45, 7) is 0. The van der Waals surface area contributed by atoms with Crippen LogP contribution in [0.1, 0.15) is 16.9 Å². The molecule has 0 spiro atoms. The first-order valence-corrected chi connectivity index (χ1v) is 8.49. The third kappa shape index (κ3) is 4.71. The van der Waals surface area contributed by atoms with Gasteiger partial charge in [-0.25, -0.2) is 4.98 Å². The summed E-state index contributed by atoms with van der Waals surface area (Å²) < 4.78 is 0. The van der Waals surface area contributed by atoms with Gasteiger partial charge in [0, 0.05) is 18.0 Å². The van der Waals surface area contributed by atoms with Crippen molar-refractivity contribution in [2.75, 3.05) is 0 Å². The van der Waals surface area contributed by atoms with Gasteiger partial charge in [-0.2, -0.15) is 0 Å². The molecule has 4 rings (SSSR count). The van der Waals surface area contributed by atoms with Gasteiger partial charge in [0.05, 0.1) is 0 Å². The molecule has 122 valence electrons. The maximum atomic E-state index is 4.13. The van der Waals surface area contributed by atoms with Gasteiger partial charge >= 0.3 is 0 Å². The van der Waals surface area contributed by atoms with Crippen LogP contribution in [0.4, 0.5) is 0 Å². The van der Waals surface area contributed by atoms with Crippen molar-refractivity contribution in [3.05, 3.63) is 115 Å². The first-order valence-electron chi connectivity index (χ1n) is 8.49. The number of nitrogens with zero attached hydrogens (tertiary/aromatic N) is 1. The van der Waals surface area contributed by atoms with Crippen LogP contribution in [0.15, 0.2) is 103 Å². The fourth-order valence-electron chi connectivity index (χ4n) is 2.70. The van der Waals surface area contributed by atoms with E-state index in [1.165, 1.54) is 11.1 Å². The molecule has 0 radical (unpaired) electrons. The Morgan fingerprint density at radius 3 is 1.60 bits per heavy atom. The predicted molar refractivity (Wildman–Crippen MR) is 107 cm³/mol. The molecule has 0 atom stereocenters. The highest BCUT2D eigenvalue weighted by Gasteiger charge is 2.05. The number of hydrogen-bond acceptors (Lipinski definition) is 1. The van der Waals surface area contributed by atoms with Crippen LogP contribution in [0.25, 0.3) is 11.4 Å². The molecule has 0 saturated heterocycles. The normalized spacial score (nSPS) is 10.1. The Labute approximate surface area is 150 Å². The SMILES string of the molecule is BC(c1ccccc1)c1ccccc1.c1ccc(-c2ncc[nH]2)cc1. The number of nitrogens with one attached hydrogen (secondary N) is 1. The summed E-state index contributed by atoms with van der Waals surface area (Å²) in [6, 6.07) is 31.2. The summed E-state index contributed by atoms with van der Waals surface area (Å²) in [5, 5.41) is 0. The van der Waals surface area contributed by atoms with Crippen molar-refractivity contribution in [1.29, 1.82) is 0 Å². The molecular formula is C22H21BN2. The zero-order chi connectivity index (χ0) is 17.3. The molecule has 0 saturated carbocycles. The number of aromatic nitrogens is 2. The van der Waals surface area contributed by atoms with E-state index in [1.54, 1.807) is 6.20 Å². The molecule has 2 nitrogen and oxygen atoms in total. The first kappa shape index (κ1) is 16.8. The monoisotopic (exact) mass is 324 g/mol. The quantitative estimate of drug-likeness (QED) is 0.553. The molecule has 0 aliphatic heterocycles. The molecule has 0 bridgehead atoms. The third-order valence-electron chi connectivity index (χ3n) is 4.14. The van der Waals surface area contributed by atoms with E-state index in [2.05, 4.69) is 78.5 Å². The molecular weight excluding hydrogens is 303 g/mol. The molecule has 1 heterocycles. The molecule has 3 aromatic carbocycles. The lowest BCUT2D eigenvalue weighted by atomic mass is 9.76. The molecule has 1 aromatic heterocycles. The second-order valence-corrected chi connectivity index (χ2v) is 5.85. The van der Waals surface area contributed by atoms with Gasteiger partial charge in [0.2, 0.25) is 0 Å². The van der Waals surface area contributed by atoms with E-state index >= 15 is 0 Å². The largest absolute Gasteiger partial charge is 0.345 e. The van der Waals surface area contributed by atoms with Gasteiger partial charge in [-0.1, -0.05) is 91.0 Å². The second-order valence-electron chi connectivity index (χ2n) is 5.85. The average molecular weight is 324 g/mol. The Morgan fingerprint density at radius 2 is 1.16 bits per heavy atom. The van der Waals surface area contributed by atoms with E-state index in [1.807, 2.05) is 36.5 Å². The van der Waals surface area contributed by atoms with Crippen LogP contribution in [0.5, 0.6) is 0 Å². The van der Waals surface area contributed by atoms with E-state index < -0.39 is 0 Å². The van der Waals surface area contributed by atoms with Gasteiger partial charge in [-0.3, -0.25) is 0 Å². The first-order chi connectivity index (χ1) is 12.3. The van der Waals surface area contributed by atoms with E-state index in [0.29, 0.717) is 5.82 Å². The highest BCUT2D eigenvalue weighted by molar-refractivity contribution is 6.14. The minimum atomic E-state index is 0.484. The highest BCUT2D eigenvalue weighted by Crippen LogP contribution is 2.20. The molecule has 0 fully saturated rings. The van der Waals surface area contributed by atoms with Crippen LogP contribution < -0.4 is 0 Å². The molecule has 4 aromatic rings. The van der Waals surface area contributed by atoms with Crippen molar-refractivity contribution < 1.29 is 0 Å². The van der Waals surface area contributed by atoms with Crippen molar-refractivity contribution >= 4 is 7.85 Å². The average Bonchev–Trinajstić information content (AvgIpc) is 3.25. The number of aromatic amines is 1. The van der Waals surface area contributed by atoms with Gasteiger partial charge in [-0.15, -0.1) is 0 Å². The van der Waals surface area contributed by atoms with Crippen LogP contribution in [0.3, 0.4) is 0 Å². The Hall–Kier alpha value is -3.07. The zero-order valence-corrected chi connectivity index (χ0v) is 14.3. The summed E-state index contributed by atoms with van der Waals surface area (Å²) in [5.74, 6) is 1.41. The molecule has 25 heavy (non-hydrogen) atoms. The van der Waals surface area contributed by atoms with Crippen LogP contribution in [-0.2, 0) is 0 Å². The summed E-state index contributed by atoms with van der Waals surface area (Å²) in [4.78, 5) is 7.17. The topological polar surface area (TPSA) is 28.7 Å². The summed E-state index contributed by atoms with van der Waals surface area (Å²) in [5.41, 5.74) is 3.87. The lowest BCUT2D eigenvalue weighted by Crippen LogP contribution is -1.99. The second kappa shape index (κ2) is 8.69. The Morgan fingerprint density at radius 1 is 0.680 bits per heavy atom. The van der Waals surface area contributed by atoms with Crippen molar-refractivity contribution in [2.24, 2.45) is 0 Å². The minimum absolute atomic E-state index is 0.484. The third-order valence-corrected chi connectivity index (χ3v) is 4.14. The fraction of sp³-hybridized carbons (Fsp3) is 0.0455. The number of benzene rings is 3. The molecule has 3 heteroatoms. The smallest absolute Gasteiger partial charge is 0.137 e. The van der Waals surface area contributed by atoms with Gasteiger partial charge in [0.25, 0.3) is 0 Å². The van der Waals surface area contributed by atoms with Crippen LogP contribution >= 0.6 is 0 Å². The summed E-state index contributed by atoms with van der Waals surface area (Å²) >= 11 is 0. The van der Waals surface area contributed by atoms with Gasteiger partial charge in [-0.05, 0) is 16.9 Å².